The van der Waals surface area contributed by atoms with Crippen molar-refractivity contribution in [3.8, 4) is 5.75 Å². The number of ether oxygens (including phenoxy) is 1. The molecule has 0 saturated heterocycles. The number of rotatable bonds is 5. The molecule has 3 aromatic carbocycles. The largest absolute Gasteiger partial charge is 0.497 e. The van der Waals surface area contributed by atoms with Gasteiger partial charge in [0.15, 0.2) is 0 Å². The van der Waals surface area contributed by atoms with E-state index in [-0.39, 0.29) is 0 Å². The van der Waals surface area contributed by atoms with Gasteiger partial charge < -0.3 is 10.1 Å². The summed E-state index contributed by atoms with van der Waals surface area (Å²) in [5.74, 6) is 0.915. The molecule has 0 spiro atoms. The Bertz CT molecular complexity index is 736. The van der Waals surface area contributed by atoms with Gasteiger partial charge in [-0.2, -0.15) is 0 Å². The Morgan fingerprint density at radius 1 is 0.857 bits per heavy atom. The minimum Gasteiger partial charge on any atom is -0.497 e. The van der Waals surface area contributed by atoms with Crippen LogP contribution in [0, 0.1) is 0 Å². The lowest BCUT2D eigenvalue weighted by molar-refractivity contribution is 0.414. The highest BCUT2D eigenvalue weighted by Gasteiger charge is 1.98. The second-order valence-corrected chi connectivity index (χ2v) is 5.09. The molecule has 106 valence electrons. The first-order valence-electron chi connectivity index (χ1n) is 7.21. The normalized spacial score (nSPS) is 10.5. The Morgan fingerprint density at radius 2 is 1.71 bits per heavy atom. The van der Waals surface area contributed by atoms with E-state index in [1.54, 1.807) is 7.11 Å². The van der Waals surface area contributed by atoms with Crippen LogP contribution in [0.3, 0.4) is 0 Å². The van der Waals surface area contributed by atoms with Gasteiger partial charge in [-0.15, -0.1) is 0 Å². The Balaban J connectivity index is 1.63. The predicted molar refractivity (Wildman–Crippen MR) is 89.1 cm³/mol. The summed E-state index contributed by atoms with van der Waals surface area (Å²) in [7, 11) is 1.70. The molecule has 2 nitrogen and oxygen atoms in total. The minimum atomic E-state index is 0.908. The van der Waals surface area contributed by atoms with E-state index in [0.717, 1.165) is 24.4 Å². The highest BCUT2D eigenvalue weighted by molar-refractivity contribution is 5.85. The first-order chi connectivity index (χ1) is 10.3. The molecule has 0 bridgehead atoms. The molecule has 0 amide bonds. The zero-order chi connectivity index (χ0) is 14.5. The van der Waals surface area contributed by atoms with Crippen molar-refractivity contribution < 1.29 is 4.74 Å². The van der Waals surface area contributed by atoms with Gasteiger partial charge in [-0.05, 0) is 47.0 Å². The first-order valence-corrected chi connectivity index (χ1v) is 7.21. The molecule has 0 saturated carbocycles. The van der Waals surface area contributed by atoms with Crippen molar-refractivity contribution in [1.82, 2.24) is 0 Å². The van der Waals surface area contributed by atoms with Gasteiger partial charge in [0, 0.05) is 12.2 Å². The standard InChI is InChI=1S/C19H19NO/c1-21-19-8-4-5-15(13-19)11-12-20-18-10-9-16-6-2-3-7-17(16)14-18/h2-10,13-14,20H,11-12H2,1H3. The average molecular weight is 277 g/mol. The second kappa shape index (κ2) is 6.31. The van der Waals surface area contributed by atoms with Crippen LogP contribution in [0.1, 0.15) is 5.56 Å². The fraction of sp³-hybridized carbons (Fsp3) is 0.158. The van der Waals surface area contributed by atoms with Gasteiger partial charge in [-0.1, -0.05) is 42.5 Å². The summed E-state index contributed by atoms with van der Waals surface area (Å²) in [6, 6.07) is 23.1. The highest BCUT2D eigenvalue weighted by atomic mass is 16.5. The van der Waals surface area contributed by atoms with E-state index in [0.29, 0.717) is 0 Å². The number of hydrogen-bond donors (Lipinski definition) is 1. The maximum Gasteiger partial charge on any atom is 0.119 e. The van der Waals surface area contributed by atoms with E-state index in [1.807, 2.05) is 12.1 Å². The number of nitrogens with one attached hydrogen (secondary N) is 1. The van der Waals surface area contributed by atoms with Crippen LogP contribution in [-0.4, -0.2) is 13.7 Å². The number of benzene rings is 3. The van der Waals surface area contributed by atoms with Gasteiger partial charge in [0.1, 0.15) is 5.75 Å². The van der Waals surface area contributed by atoms with Gasteiger partial charge >= 0.3 is 0 Å². The lowest BCUT2D eigenvalue weighted by atomic mass is 10.1. The van der Waals surface area contributed by atoms with Crippen molar-refractivity contribution >= 4 is 16.5 Å². The van der Waals surface area contributed by atoms with Crippen LogP contribution in [0.5, 0.6) is 5.75 Å². The monoisotopic (exact) mass is 277 g/mol. The lowest BCUT2D eigenvalue weighted by Crippen LogP contribution is -2.04. The van der Waals surface area contributed by atoms with Gasteiger partial charge in [0.05, 0.1) is 7.11 Å². The first kappa shape index (κ1) is 13.5. The zero-order valence-electron chi connectivity index (χ0n) is 12.2. The van der Waals surface area contributed by atoms with Crippen LogP contribution in [0.2, 0.25) is 0 Å². The molecular weight excluding hydrogens is 258 g/mol. The molecule has 0 aromatic heterocycles. The van der Waals surface area contributed by atoms with E-state index in [1.165, 1.54) is 16.3 Å². The van der Waals surface area contributed by atoms with Crippen LogP contribution in [0.25, 0.3) is 10.8 Å². The summed E-state index contributed by atoms with van der Waals surface area (Å²) in [5, 5.41) is 6.02. The molecule has 0 heterocycles. The molecule has 3 aromatic rings. The Labute approximate surface area is 125 Å². The molecule has 0 aliphatic heterocycles. The van der Waals surface area contributed by atoms with E-state index in [9.17, 15) is 0 Å². The highest BCUT2D eigenvalue weighted by Crippen LogP contribution is 2.19. The van der Waals surface area contributed by atoms with Crippen molar-refractivity contribution in [3.63, 3.8) is 0 Å². The van der Waals surface area contributed by atoms with Crippen LogP contribution >= 0.6 is 0 Å². The fourth-order valence-electron chi connectivity index (χ4n) is 2.48. The zero-order valence-corrected chi connectivity index (χ0v) is 12.2. The SMILES string of the molecule is COc1cccc(CCNc2ccc3ccccc3c2)c1. The van der Waals surface area contributed by atoms with Crippen molar-refractivity contribution in [3.05, 3.63) is 72.3 Å². The lowest BCUT2D eigenvalue weighted by Gasteiger charge is -2.08. The molecule has 3 rings (SSSR count). The van der Waals surface area contributed by atoms with Crippen molar-refractivity contribution in [2.45, 2.75) is 6.42 Å². The van der Waals surface area contributed by atoms with Gasteiger partial charge in [-0.25, -0.2) is 0 Å². The third kappa shape index (κ3) is 3.34. The summed E-state index contributed by atoms with van der Waals surface area (Å²) in [6.07, 6.45) is 0.976. The van der Waals surface area contributed by atoms with Crippen molar-refractivity contribution in [2.24, 2.45) is 0 Å². The Hall–Kier alpha value is -2.48. The number of hydrogen-bond acceptors (Lipinski definition) is 2. The summed E-state index contributed by atoms with van der Waals surface area (Å²) < 4.78 is 5.25. The minimum absolute atomic E-state index is 0.908. The fourth-order valence-corrected chi connectivity index (χ4v) is 2.48. The number of fused-ring (bicyclic) bond motifs is 1. The Kier molecular flexibility index (Phi) is 4.06. The van der Waals surface area contributed by atoms with Gasteiger partial charge in [0.25, 0.3) is 0 Å². The second-order valence-electron chi connectivity index (χ2n) is 5.09. The van der Waals surface area contributed by atoms with Crippen LogP contribution in [0.15, 0.2) is 66.7 Å². The van der Waals surface area contributed by atoms with E-state index in [4.69, 9.17) is 4.74 Å². The molecule has 0 fully saturated rings. The number of methoxy groups -OCH3 is 1. The molecule has 0 radical (unpaired) electrons. The van der Waals surface area contributed by atoms with E-state index < -0.39 is 0 Å². The molecular formula is C19H19NO. The van der Waals surface area contributed by atoms with Crippen LogP contribution < -0.4 is 10.1 Å². The third-order valence-electron chi connectivity index (χ3n) is 3.63. The van der Waals surface area contributed by atoms with Gasteiger partial charge in [0.2, 0.25) is 0 Å². The topological polar surface area (TPSA) is 21.3 Å². The molecule has 0 aliphatic carbocycles. The predicted octanol–water partition coefficient (Wildman–Crippen LogP) is 4.50. The maximum absolute atomic E-state index is 5.25. The third-order valence-corrected chi connectivity index (χ3v) is 3.63. The van der Waals surface area contributed by atoms with E-state index in [2.05, 4.69) is 59.9 Å². The Morgan fingerprint density at radius 3 is 2.57 bits per heavy atom. The smallest absolute Gasteiger partial charge is 0.119 e. The summed E-state index contributed by atoms with van der Waals surface area (Å²) >= 11 is 0. The summed E-state index contributed by atoms with van der Waals surface area (Å²) in [6.45, 7) is 0.908. The van der Waals surface area contributed by atoms with Crippen molar-refractivity contribution in [1.29, 1.82) is 0 Å². The summed E-state index contributed by atoms with van der Waals surface area (Å²) in [4.78, 5) is 0. The summed E-state index contributed by atoms with van der Waals surface area (Å²) in [5.41, 5.74) is 2.44. The van der Waals surface area contributed by atoms with Crippen LogP contribution in [-0.2, 0) is 6.42 Å². The average Bonchev–Trinajstić information content (AvgIpc) is 2.55. The number of anilines is 1. The van der Waals surface area contributed by atoms with Crippen molar-refractivity contribution in [2.75, 3.05) is 19.0 Å². The quantitative estimate of drug-likeness (QED) is 0.741. The maximum atomic E-state index is 5.25. The molecule has 0 atom stereocenters. The molecule has 21 heavy (non-hydrogen) atoms. The van der Waals surface area contributed by atoms with Gasteiger partial charge in [-0.3, -0.25) is 0 Å². The van der Waals surface area contributed by atoms with Crippen LogP contribution in [0.4, 0.5) is 5.69 Å². The molecule has 0 unspecified atom stereocenters. The van der Waals surface area contributed by atoms with E-state index >= 15 is 0 Å². The molecule has 2 heteroatoms. The molecule has 0 aliphatic rings. The molecule has 1 N–H and O–H groups in total.